The molecule has 0 bridgehead atoms. The first-order chi connectivity index (χ1) is 16.1. The summed E-state index contributed by atoms with van der Waals surface area (Å²) in [4.78, 5) is 27.6. The molecule has 170 valence electrons. The molecule has 0 aliphatic carbocycles. The molecule has 0 spiro atoms. The predicted octanol–water partition coefficient (Wildman–Crippen LogP) is 5.91. The van der Waals surface area contributed by atoms with Gasteiger partial charge in [-0.2, -0.15) is 0 Å². The minimum Gasteiger partial charge on any atom is -0.460 e. The molecule has 1 saturated heterocycles. The molecular formula is C28H29NO4. The highest BCUT2D eigenvalue weighted by atomic mass is 16.6. The minimum absolute atomic E-state index is 0.134. The molecule has 4 rings (SSSR count). The van der Waals surface area contributed by atoms with Crippen molar-refractivity contribution in [2.75, 3.05) is 0 Å². The maximum Gasteiger partial charge on any atom is 0.411 e. The quantitative estimate of drug-likeness (QED) is 0.426. The average molecular weight is 444 g/mol. The van der Waals surface area contributed by atoms with Crippen molar-refractivity contribution in [1.82, 2.24) is 4.90 Å². The molecule has 0 N–H and O–H groups in total. The lowest BCUT2D eigenvalue weighted by atomic mass is 9.91. The van der Waals surface area contributed by atoms with Gasteiger partial charge in [0.15, 0.2) is 0 Å². The highest BCUT2D eigenvalue weighted by molar-refractivity contribution is 5.73. The van der Waals surface area contributed by atoms with Gasteiger partial charge < -0.3 is 9.47 Å². The van der Waals surface area contributed by atoms with Crippen LogP contribution in [0.5, 0.6) is 0 Å². The molecule has 5 heteroatoms. The Morgan fingerprint density at radius 3 is 2.09 bits per heavy atom. The zero-order valence-corrected chi connectivity index (χ0v) is 18.8. The summed E-state index contributed by atoms with van der Waals surface area (Å²) in [5, 5.41) is 0. The van der Waals surface area contributed by atoms with Crippen LogP contribution >= 0.6 is 0 Å². The molecule has 1 heterocycles. The van der Waals surface area contributed by atoms with Crippen LogP contribution in [-0.2, 0) is 27.4 Å². The van der Waals surface area contributed by atoms with Gasteiger partial charge in [-0.05, 0) is 29.5 Å². The molecule has 3 aromatic rings. The second-order valence-corrected chi connectivity index (χ2v) is 8.46. The lowest BCUT2D eigenvalue weighted by Crippen LogP contribution is -2.44. The molecule has 3 aromatic carbocycles. The van der Waals surface area contributed by atoms with Gasteiger partial charge >= 0.3 is 12.1 Å². The van der Waals surface area contributed by atoms with Crippen LogP contribution in [0.15, 0.2) is 91.0 Å². The van der Waals surface area contributed by atoms with Crippen molar-refractivity contribution in [3.05, 3.63) is 108 Å². The number of nitrogens with zero attached hydrogens (tertiary/aromatic N) is 1. The maximum absolute atomic E-state index is 13.5. The van der Waals surface area contributed by atoms with E-state index in [0.717, 1.165) is 23.1 Å². The van der Waals surface area contributed by atoms with Crippen molar-refractivity contribution in [2.24, 2.45) is 5.92 Å². The summed E-state index contributed by atoms with van der Waals surface area (Å²) in [5.41, 5.74) is 2.81. The van der Waals surface area contributed by atoms with Gasteiger partial charge in [-0.15, -0.1) is 0 Å². The lowest BCUT2D eigenvalue weighted by Gasteiger charge is -2.39. The number of ether oxygens (including phenoxy) is 2. The van der Waals surface area contributed by atoms with E-state index >= 15 is 0 Å². The van der Waals surface area contributed by atoms with E-state index in [1.807, 2.05) is 97.9 Å². The smallest absolute Gasteiger partial charge is 0.411 e. The number of cyclic esters (lactones) is 1. The van der Waals surface area contributed by atoms with Crippen LogP contribution in [0.4, 0.5) is 4.79 Å². The van der Waals surface area contributed by atoms with E-state index in [1.165, 1.54) is 0 Å². The van der Waals surface area contributed by atoms with Gasteiger partial charge in [0, 0.05) is 6.54 Å². The predicted molar refractivity (Wildman–Crippen MR) is 126 cm³/mol. The Balaban J connectivity index is 1.65. The monoisotopic (exact) mass is 443 g/mol. The fourth-order valence-electron chi connectivity index (χ4n) is 4.18. The molecule has 3 atom stereocenters. The third kappa shape index (κ3) is 5.80. The van der Waals surface area contributed by atoms with Gasteiger partial charge in [-0.3, -0.25) is 9.69 Å². The van der Waals surface area contributed by atoms with E-state index < -0.39 is 18.2 Å². The Morgan fingerprint density at radius 2 is 1.48 bits per heavy atom. The first kappa shape index (κ1) is 22.6. The number of amides is 1. The van der Waals surface area contributed by atoms with Gasteiger partial charge in [0.25, 0.3) is 0 Å². The average Bonchev–Trinajstić information content (AvgIpc) is 2.86. The van der Waals surface area contributed by atoms with Crippen LogP contribution < -0.4 is 0 Å². The van der Waals surface area contributed by atoms with Crippen molar-refractivity contribution < 1.29 is 19.1 Å². The van der Waals surface area contributed by atoms with Crippen molar-refractivity contribution in [2.45, 2.75) is 45.1 Å². The molecule has 1 aliphatic heterocycles. The van der Waals surface area contributed by atoms with Crippen LogP contribution in [0, 0.1) is 5.92 Å². The summed E-state index contributed by atoms with van der Waals surface area (Å²) >= 11 is 0. The van der Waals surface area contributed by atoms with E-state index in [2.05, 4.69) is 0 Å². The highest BCUT2D eigenvalue weighted by Gasteiger charge is 2.39. The minimum atomic E-state index is -0.453. The number of carbonyl (C=O) groups excluding carboxylic acids is 2. The second-order valence-electron chi connectivity index (χ2n) is 8.46. The van der Waals surface area contributed by atoms with Crippen molar-refractivity contribution in [3.8, 4) is 0 Å². The Bertz CT molecular complexity index is 1040. The van der Waals surface area contributed by atoms with Gasteiger partial charge in [-0.25, -0.2) is 4.79 Å². The Kier molecular flexibility index (Phi) is 7.40. The Hall–Kier alpha value is -3.60. The number of esters is 1. The SMILES string of the molecule is CC1CC[C@@H]([C@@H](c2ccccc2)N(Cc2ccccc2)C(=O)OCc2ccccc2)OC1=O. The van der Waals surface area contributed by atoms with Gasteiger partial charge in [0.2, 0.25) is 0 Å². The second kappa shape index (κ2) is 10.8. The number of carbonyl (C=O) groups is 2. The summed E-state index contributed by atoms with van der Waals surface area (Å²) in [6.45, 7) is 2.40. The van der Waals surface area contributed by atoms with E-state index in [-0.39, 0.29) is 18.5 Å². The fourth-order valence-corrected chi connectivity index (χ4v) is 4.18. The van der Waals surface area contributed by atoms with Crippen LogP contribution in [0.3, 0.4) is 0 Å². The first-order valence-electron chi connectivity index (χ1n) is 11.4. The Labute approximate surface area is 194 Å². The zero-order chi connectivity index (χ0) is 23.0. The number of hydrogen-bond acceptors (Lipinski definition) is 4. The molecule has 1 aliphatic rings. The van der Waals surface area contributed by atoms with Crippen molar-refractivity contribution in [3.63, 3.8) is 0 Å². The molecule has 0 aromatic heterocycles. The summed E-state index contributed by atoms with van der Waals surface area (Å²) in [6, 6.07) is 28.7. The van der Waals surface area contributed by atoms with Crippen LogP contribution in [-0.4, -0.2) is 23.1 Å². The van der Waals surface area contributed by atoms with E-state index in [9.17, 15) is 9.59 Å². The fraction of sp³-hybridized carbons (Fsp3) is 0.286. The van der Waals surface area contributed by atoms with Gasteiger partial charge in [-0.1, -0.05) is 97.9 Å². The number of rotatable bonds is 7. The molecule has 5 nitrogen and oxygen atoms in total. The maximum atomic E-state index is 13.5. The third-order valence-electron chi connectivity index (χ3n) is 6.02. The highest BCUT2D eigenvalue weighted by Crippen LogP contribution is 2.35. The molecule has 1 amide bonds. The largest absolute Gasteiger partial charge is 0.460 e. The van der Waals surface area contributed by atoms with E-state index in [0.29, 0.717) is 13.0 Å². The summed E-state index contributed by atoms with van der Waals surface area (Å²) in [7, 11) is 0. The van der Waals surface area contributed by atoms with E-state index in [1.54, 1.807) is 4.90 Å². The standard InChI is InChI=1S/C28H29NO4/c1-21-17-18-25(33-27(21)30)26(24-15-9-4-10-16-24)29(19-22-11-5-2-6-12-22)28(31)32-20-23-13-7-3-8-14-23/h2-16,21,25-26H,17-20H2,1H3/t21?,25-,26+/m0/s1. The number of benzene rings is 3. The number of hydrogen-bond donors (Lipinski definition) is 0. The van der Waals surface area contributed by atoms with Crippen LogP contribution in [0.25, 0.3) is 0 Å². The first-order valence-corrected chi connectivity index (χ1v) is 11.4. The van der Waals surface area contributed by atoms with Gasteiger partial charge in [0.1, 0.15) is 12.7 Å². The third-order valence-corrected chi connectivity index (χ3v) is 6.02. The summed E-state index contributed by atoms with van der Waals surface area (Å²) in [5.74, 6) is -0.352. The van der Waals surface area contributed by atoms with Crippen molar-refractivity contribution >= 4 is 12.1 Å². The zero-order valence-electron chi connectivity index (χ0n) is 18.8. The molecule has 0 radical (unpaired) electrons. The summed E-state index contributed by atoms with van der Waals surface area (Å²) < 4.78 is 11.6. The van der Waals surface area contributed by atoms with Crippen LogP contribution in [0.2, 0.25) is 0 Å². The van der Waals surface area contributed by atoms with Crippen LogP contribution in [0.1, 0.15) is 42.5 Å². The van der Waals surface area contributed by atoms with Crippen molar-refractivity contribution in [1.29, 1.82) is 0 Å². The molecule has 1 unspecified atom stereocenters. The summed E-state index contributed by atoms with van der Waals surface area (Å²) in [6.07, 6.45) is 0.532. The Morgan fingerprint density at radius 1 is 0.909 bits per heavy atom. The molecule has 0 saturated carbocycles. The topological polar surface area (TPSA) is 55.8 Å². The molecular weight excluding hydrogens is 414 g/mol. The molecule has 1 fully saturated rings. The van der Waals surface area contributed by atoms with E-state index in [4.69, 9.17) is 9.47 Å². The normalized spacial score (nSPS) is 18.8. The molecule has 33 heavy (non-hydrogen) atoms. The van der Waals surface area contributed by atoms with Gasteiger partial charge in [0.05, 0.1) is 12.0 Å². The lowest BCUT2D eigenvalue weighted by molar-refractivity contribution is -0.164.